The van der Waals surface area contributed by atoms with E-state index in [0.29, 0.717) is 15.9 Å². The summed E-state index contributed by atoms with van der Waals surface area (Å²) < 4.78 is 0. The molecule has 10 heavy (non-hydrogen) atoms. The van der Waals surface area contributed by atoms with E-state index in [1.807, 2.05) is 0 Å². The van der Waals surface area contributed by atoms with Gasteiger partial charge in [-0.2, -0.15) is 0 Å². The fraction of sp³-hybridized carbons (Fsp3) is 0. The molecule has 0 saturated heterocycles. The molecule has 0 fully saturated rings. The van der Waals surface area contributed by atoms with Gasteiger partial charge in [0, 0.05) is 5.56 Å². The predicted octanol–water partition coefficient (Wildman–Crippen LogP) is 2.43. The lowest BCUT2D eigenvalue weighted by atomic mass is 10.3. The van der Waals surface area contributed by atoms with E-state index in [1.165, 1.54) is 0 Å². The van der Waals surface area contributed by atoms with E-state index < -0.39 is 0 Å². The molecule has 0 atom stereocenters. The van der Waals surface area contributed by atoms with E-state index in [2.05, 4.69) is 16.8 Å². The summed E-state index contributed by atoms with van der Waals surface area (Å²) in [5, 5.41) is 7.72. The van der Waals surface area contributed by atoms with Crippen molar-refractivity contribution in [3.63, 3.8) is 0 Å². The summed E-state index contributed by atoms with van der Waals surface area (Å²) in [6.07, 6.45) is 1.57. The molecular weight excluding hydrogens is 171 g/mol. The number of hydrogen-bond donors (Lipinski definition) is 0. The number of nitrogens with zero attached hydrogens (tertiary/aromatic N) is 2. The first kappa shape index (κ1) is 7.51. The highest BCUT2D eigenvalue weighted by atomic mass is 35.5. The van der Waals surface area contributed by atoms with Crippen molar-refractivity contribution in [3.05, 3.63) is 28.5 Å². The van der Waals surface area contributed by atoms with Gasteiger partial charge in [0.1, 0.15) is 0 Å². The second kappa shape index (κ2) is 2.99. The Balaban J connectivity index is 3.21. The molecule has 0 saturated carbocycles. The molecule has 0 aromatic carbocycles. The molecule has 1 aromatic rings. The van der Waals surface area contributed by atoms with Crippen LogP contribution in [0.1, 0.15) is 5.56 Å². The van der Waals surface area contributed by atoms with Gasteiger partial charge in [0.25, 0.3) is 0 Å². The zero-order valence-electron chi connectivity index (χ0n) is 5.01. The van der Waals surface area contributed by atoms with E-state index in [1.54, 1.807) is 12.1 Å². The Morgan fingerprint density at radius 1 is 1.40 bits per heavy atom. The molecule has 0 aliphatic carbocycles. The second-order valence-corrected chi connectivity index (χ2v) is 2.36. The van der Waals surface area contributed by atoms with Gasteiger partial charge in [-0.3, -0.25) is 0 Å². The molecule has 0 bridgehead atoms. The van der Waals surface area contributed by atoms with Crippen molar-refractivity contribution in [2.24, 2.45) is 0 Å². The van der Waals surface area contributed by atoms with Crippen molar-refractivity contribution < 1.29 is 0 Å². The molecule has 1 aromatic heterocycles. The van der Waals surface area contributed by atoms with Crippen molar-refractivity contribution in [1.29, 1.82) is 0 Å². The van der Waals surface area contributed by atoms with Crippen LogP contribution >= 0.6 is 23.2 Å². The maximum atomic E-state index is 5.59. The van der Waals surface area contributed by atoms with Gasteiger partial charge >= 0.3 is 0 Å². The third-order valence-electron chi connectivity index (χ3n) is 0.966. The minimum Gasteiger partial charge on any atom is -0.137 e. The van der Waals surface area contributed by atoms with Crippen molar-refractivity contribution in [1.82, 2.24) is 10.2 Å². The number of halogens is 2. The molecule has 0 radical (unpaired) electrons. The lowest BCUT2D eigenvalue weighted by Crippen LogP contribution is -1.85. The predicted molar refractivity (Wildman–Crippen MR) is 42.1 cm³/mol. The minimum absolute atomic E-state index is 0.319. The van der Waals surface area contributed by atoms with Crippen LogP contribution in [0.15, 0.2) is 12.6 Å². The molecular formula is C6H4Cl2N2. The van der Waals surface area contributed by atoms with Gasteiger partial charge < -0.3 is 0 Å². The first-order valence-electron chi connectivity index (χ1n) is 2.55. The SMILES string of the molecule is C=Cc1cc(Cl)nnc1Cl. The Morgan fingerprint density at radius 2 is 2.10 bits per heavy atom. The zero-order chi connectivity index (χ0) is 7.56. The van der Waals surface area contributed by atoms with E-state index >= 15 is 0 Å². The van der Waals surface area contributed by atoms with Crippen LogP contribution in [0.3, 0.4) is 0 Å². The topological polar surface area (TPSA) is 25.8 Å². The van der Waals surface area contributed by atoms with Crippen LogP contribution in [0.4, 0.5) is 0 Å². The molecule has 4 heteroatoms. The highest BCUT2D eigenvalue weighted by molar-refractivity contribution is 6.32. The fourth-order valence-electron chi connectivity index (χ4n) is 0.509. The molecule has 0 aliphatic heterocycles. The summed E-state index contributed by atoms with van der Waals surface area (Å²) in [7, 11) is 0. The molecule has 0 spiro atoms. The van der Waals surface area contributed by atoms with Crippen molar-refractivity contribution in [2.75, 3.05) is 0 Å². The van der Waals surface area contributed by atoms with Gasteiger partial charge in [-0.25, -0.2) is 0 Å². The third-order valence-corrected chi connectivity index (χ3v) is 1.44. The maximum Gasteiger partial charge on any atom is 0.159 e. The Bertz CT molecular complexity index is 260. The summed E-state index contributed by atoms with van der Waals surface area (Å²) in [5.74, 6) is 0. The lowest BCUT2D eigenvalue weighted by Gasteiger charge is -1.93. The first-order valence-corrected chi connectivity index (χ1v) is 3.31. The molecule has 0 amide bonds. The van der Waals surface area contributed by atoms with Crippen LogP contribution in [0.5, 0.6) is 0 Å². The molecule has 0 N–H and O–H groups in total. The van der Waals surface area contributed by atoms with Crippen LogP contribution in [0.25, 0.3) is 6.08 Å². The van der Waals surface area contributed by atoms with Gasteiger partial charge in [0.2, 0.25) is 0 Å². The van der Waals surface area contributed by atoms with E-state index in [0.717, 1.165) is 0 Å². The Labute approximate surface area is 68.5 Å². The Morgan fingerprint density at radius 3 is 2.60 bits per heavy atom. The van der Waals surface area contributed by atoms with Gasteiger partial charge in [-0.15, -0.1) is 10.2 Å². The van der Waals surface area contributed by atoms with Gasteiger partial charge in [-0.05, 0) is 6.07 Å². The number of hydrogen-bond acceptors (Lipinski definition) is 2. The summed E-state index contributed by atoms with van der Waals surface area (Å²) in [5.41, 5.74) is 0.696. The lowest BCUT2D eigenvalue weighted by molar-refractivity contribution is 1.03. The first-order chi connectivity index (χ1) is 4.74. The van der Waals surface area contributed by atoms with Crippen molar-refractivity contribution >= 4 is 29.3 Å². The number of rotatable bonds is 1. The van der Waals surface area contributed by atoms with Crippen molar-refractivity contribution in [3.8, 4) is 0 Å². The summed E-state index contributed by atoms with van der Waals surface area (Å²) in [4.78, 5) is 0. The molecule has 1 rings (SSSR count). The Kier molecular flexibility index (Phi) is 2.25. The fourth-order valence-corrected chi connectivity index (χ4v) is 0.834. The van der Waals surface area contributed by atoms with Crippen LogP contribution in [0, 0.1) is 0 Å². The molecule has 1 heterocycles. The largest absolute Gasteiger partial charge is 0.159 e. The van der Waals surface area contributed by atoms with Crippen LogP contribution in [-0.2, 0) is 0 Å². The highest BCUT2D eigenvalue weighted by Gasteiger charge is 1.98. The summed E-state index contributed by atoms with van der Waals surface area (Å²) in [6.45, 7) is 3.52. The Hall–Kier alpha value is -0.600. The minimum atomic E-state index is 0.319. The molecule has 0 unspecified atom stereocenters. The molecule has 2 nitrogen and oxygen atoms in total. The second-order valence-electron chi connectivity index (χ2n) is 1.62. The monoisotopic (exact) mass is 174 g/mol. The number of aromatic nitrogens is 2. The summed E-state index contributed by atoms with van der Waals surface area (Å²) >= 11 is 11.1. The average molecular weight is 175 g/mol. The van der Waals surface area contributed by atoms with E-state index in [9.17, 15) is 0 Å². The maximum absolute atomic E-state index is 5.59. The van der Waals surface area contributed by atoms with Crippen LogP contribution < -0.4 is 0 Å². The van der Waals surface area contributed by atoms with Gasteiger partial charge in [-0.1, -0.05) is 35.9 Å². The quantitative estimate of drug-likeness (QED) is 0.654. The molecule has 0 aliphatic rings. The third kappa shape index (κ3) is 1.46. The zero-order valence-corrected chi connectivity index (χ0v) is 6.52. The van der Waals surface area contributed by atoms with Crippen molar-refractivity contribution in [2.45, 2.75) is 0 Å². The standard InChI is InChI=1S/C6H4Cl2N2/c1-2-4-3-5(7)9-10-6(4)8/h2-3H,1H2. The normalized spacial score (nSPS) is 9.40. The van der Waals surface area contributed by atoms with Gasteiger partial charge in [0.05, 0.1) is 0 Å². The smallest absolute Gasteiger partial charge is 0.137 e. The van der Waals surface area contributed by atoms with Crippen LogP contribution in [-0.4, -0.2) is 10.2 Å². The van der Waals surface area contributed by atoms with Crippen LogP contribution in [0.2, 0.25) is 10.3 Å². The van der Waals surface area contributed by atoms with E-state index in [4.69, 9.17) is 23.2 Å². The van der Waals surface area contributed by atoms with Gasteiger partial charge in [0.15, 0.2) is 10.3 Å². The average Bonchev–Trinajstić information content (AvgIpc) is 1.94. The van der Waals surface area contributed by atoms with E-state index in [-0.39, 0.29) is 0 Å². The summed E-state index contributed by atoms with van der Waals surface area (Å²) in [6, 6.07) is 1.60. The highest BCUT2D eigenvalue weighted by Crippen LogP contribution is 2.15. The molecule has 52 valence electrons.